The molecule has 1 aromatic rings. The van der Waals surface area contributed by atoms with Crippen LogP contribution in [0.5, 0.6) is 0 Å². The summed E-state index contributed by atoms with van der Waals surface area (Å²) in [5.41, 5.74) is 3.15. The van der Waals surface area contributed by atoms with E-state index < -0.39 is 0 Å². The Morgan fingerprint density at radius 3 is 2.44 bits per heavy atom. The lowest BCUT2D eigenvalue weighted by atomic mass is 10.1. The summed E-state index contributed by atoms with van der Waals surface area (Å²) in [6.07, 6.45) is 3.86. The molecule has 1 saturated carbocycles. The number of allylic oxidation sites excluding steroid dienone is 2. The molecule has 3 heteroatoms. The van der Waals surface area contributed by atoms with Gasteiger partial charge in [0.05, 0.1) is 0 Å². The van der Waals surface area contributed by atoms with Gasteiger partial charge in [-0.25, -0.2) is 0 Å². The van der Waals surface area contributed by atoms with Gasteiger partial charge in [0, 0.05) is 26.9 Å². The number of hydrogen-bond acceptors (Lipinski definition) is 3. The number of ketones is 1. The highest BCUT2D eigenvalue weighted by Crippen LogP contribution is 2.43. The number of rotatable bonds is 1. The summed E-state index contributed by atoms with van der Waals surface area (Å²) in [4.78, 5) is 12.3. The largest absolute Gasteiger partial charge is 0.289 e. The van der Waals surface area contributed by atoms with E-state index in [9.17, 15) is 4.79 Å². The van der Waals surface area contributed by atoms with Gasteiger partial charge in [0.2, 0.25) is 0 Å². The van der Waals surface area contributed by atoms with Crippen LogP contribution in [-0.2, 0) is 4.79 Å². The second-order valence-electron chi connectivity index (χ2n) is 4.37. The highest BCUT2D eigenvalue weighted by atomic mass is 32.2. The lowest BCUT2D eigenvalue weighted by Gasteiger charge is -1.99. The molecule has 0 amide bonds. The average Bonchev–Trinajstić information content (AvgIpc) is 3.02. The highest BCUT2D eigenvalue weighted by Gasteiger charge is 2.28. The van der Waals surface area contributed by atoms with Crippen LogP contribution in [0, 0.1) is 0 Å². The number of carbonyl (C=O) groups excluding carboxylic acids is 1. The van der Waals surface area contributed by atoms with Crippen LogP contribution in [0.3, 0.4) is 0 Å². The van der Waals surface area contributed by atoms with Crippen molar-refractivity contribution in [3.8, 4) is 0 Å². The third kappa shape index (κ3) is 2.43. The van der Waals surface area contributed by atoms with Gasteiger partial charge in [-0.05, 0) is 24.5 Å². The standard InChI is InChI=1S/C15H14OS2/c16-14-12(10-11-4-2-1-3-5-11)6-7-13(14)15-17-8-9-18-15/h1-5,10H,6-9H2/b12-10-. The minimum absolute atomic E-state index is 0.274. The van der Waals surface area contributed by atoms with Crippen molar-refractivity contribution in [3.63, 3.8) is 0 Å². The van der Waals surface area contributed by atoms with Gasteiger partial charge >= 0.3 is 0 Å². The van der Waals surface area contributed by atoms with E-state index in [-0.39, 0.29) is 5.78 Å². The van der Waals surface area contributed by atoms with E-state index in [1.54, 1.807) is 0 Å². The van der Waals surface area contributed by atoms with E-state index in [1.165, 1.54) is 4.24 Å². The van der Waals surface area contributed by atoms with Crippen LogP contribution in [0.15, 0.2) is 45.7 Å². The molecule has 1 aromatic carbocycles. The molecule has 1 aliphatic carbocycles. The molecule has 0 unspecified atom stereocenters. The predicted octanol–water partition coefficient (Wildman–Crippen LogP) is 4.12. The first-order chi connectivity index (χ1) is 8.84. The Hall–Kier alpha value is -0.930. The molecule has 18 heavy (non-hydrogen) atoms. The van der Waals surface area contributed by atoms with Gasteiger partial charge in [0.25, 0.3) is 0 Å². The lowest BCUT2D eigenvalue weighted by Crippen LogP contribution is -1.96. The van der Waals surface area contributed by atoms with Crippen molar-refractivity contribution in [2.24, 2.45) is 0 Å². The quantitative estimate of drug-likeness (QED) is 0.717. The topological polar surface area (TPSA) is 17.1 Å². The first-order valence-electron chi connectivity index (χ1n) is 6.13. The zero-order chi connectivity index (χ0) is 12.4. The normalized spacial score (nSPS) is 22.2. The van der Waals surface area contributed by atoms with Crippen LogP contribution >= 0.6 is 23.5 Å². The van der Waals surface area contributed by atoms with Crippen LogP contribution in [-0.4, -0.2) is 17.3 Å². The molecule has 0 N–H and O–H groups in total. The second-order valence-corrected chi connectivity index (χ2v) is 6.84. The molecular weight excluding hydrogens is 260 g/mol. The van der Waals surface area contributed by atoms with Crippen LogP contribution in [0.1, 0.15) is 18.4 Å². The Bertz CT molecular complexity index is 521. The molecule has 0 bridgehead atoms. The summed E-state index contributed by atoms with van der Waals surface area (Å²) in [6, 6.07) is 10.1. The summed E-state index contributed by atoms with van der Waals surface area (Å²) < 4.78 is 1.27. The third-order valence-electron chi connectivity index (χ3n) is 3.15. The molecule has 1 aliphatic heterocycles. The van der Waals surface area contributed by atoms with Gasteiger partial charge in [-0.2, -0.15) is 0 Å². The second kappa shape index (κ2) is 5.37. The Labute approximate surface area is 116 Å². The van der Waals surface area contributed by atoms with Crippen molar-refractivity contribution in [3.05, 3.63) is 51.3 Å². The molecule has 2 aliphatic rings. The maximum Gasteiger partial charge on any atom is 0.186 e. The summed E-state index contributed by atoms with van der Waals surface area (Å²) in [7, 11) is 0. The van der Waals surface area contributed by atoms with Crippen LogP contribution in [0.4, 0.5) is 0 Å². The lowest BCUT2D eigenvalue weighted by molar-refractivity contribution is -0.111. The summed E-state index contributed by atoms with van der Waals surface area (Å²) in [5.74, 6) is 2.57. The van der Waals surface area contributed by atoms with Gasteiger partial charge in [0.15, 0.2) is 5.78 Å². The van der Waals surface area contributed by atoms with E-state index in [2.05, 4.69) is 0 Å². The average molecular weight is 274 g/mol. The van der Waals surface area contributed by atoms with Crippen LogP contribution in [0.2, 0.25) is 0 Å². The molecule has 1 nitrogen and oxygen atoms in total. The molecule has 92 valence electrons. The Morgan fingerprint density at radius 2 is 1.72 bits per heavy atom. The minimum Gasteiger partial charge on any atom is -0.289 e. The van der Waals surface area contributed by atoms with Gasteiger partial charge in [-0.1, -0.05) is 30.3 Å². The van der Waals surface area contributed by atoms with Crippen molar-refractivity contribution < 1.29 is 4.79 Å². The predicted molar refractivity (Wildman–Crippen MR) is 80.6 cm³/mol. The molecule has 0 aromatic heterocycles. The fourth-order valence-corrected chi connectivity index (χ4v) is 4.86. The fourth-order valence-electron chi connectivity index (χ4n) is 2.25. The van der Waals surface area contributed by atoms with Gasteiger partial charge in [0.1, 0.15) is 0 Å². The van der Waals surface area contributed by atoms with Crippen molar-refractivity contribution in [2.45, 2.75) is 12.8 Å². The molecule has 0 atom stereocenters. The van der Waals surface area contributed by atoms with E-state index in [0.29, 0.717) is 0 Å². The van der Waals surface area contributed by atoms with Gasteiger partial charge in [-0.15, -0.1) is 23.5 Å². The first kappa shape index (κ1) is 12.1. The Kier molecular flexibility index (Phi) is 3.62. The SMILES string of the molecule is O=C1C(=C2SCCS2)CC/C1=C/c1ccccc1. The molecular formula is C15H14OS2. The third-order valence-corrected chi connectivity index (χ3v) is 5.95. The number of benzene rings is 1. The number of carbonyl (C=O) groups is 1. The summed E-state index contributed by atoms with van der Waals surface area (Å²) in [5, 5.41) is 0. The molecule has 2 fully saturated rings. The first-order valence-corrected chi connectivity index (χ1v) is 8.11. The zero-order valence-corrected chi connectivity index (χ0v) is 11.7. The smallest absolute Gasteiger partial charge is 0.186 e. The van der Waals surface area contributed by atoms with Crippen molar-refractivity contribution >= 4 is 35.4 Å². The molecule has 0 radical (unpaired) electrons. The van der Waals surface area contributed by atoms with E-state index in [0.717, 1.165) is 41.1 Å². The number of Topliss-reactive ketones (excluding diaryl/α,β-unsaturated/α-hetero) is 1. The highest BCUT2D eigenvalue weighted by molar-refractivity contribution is 8.25. The number of hydrogen-bond donors (Lipinski definition) is 0. The monoisotopic (exact) mass is 274 g/mol. The maximum atomic E-state index is 12.3. The van der Waals surface area contributed by atoms with Crippen molar-refractivity contribution in [1.82, 2.24) is 0 Å². The van der Waals surface area contributed by atoms with Crippen LogP contribution < -0.4 is 0 Å². The summed E-state index contributed by atoms with van der Waals surface area (Å²) >= 11 is 3.69. The Morgan fingerprint density at radius 1 is 1.00 bits per heavy atom. The maximum absolute atomic E-state index is 12.3. The van der Waals surface area contributed by atoms with Crippen molar-refractivity contribution in [1.29, 1.82) is 0 Å². The van der Waals surface area contributed by atoms with E-state index in [4.69, 9.17) is 0 Å². The van der Waals surface area contributed by atoms with Gasteiger partial charge < -0.3 is 0 Å². The van der Waals surface area contributed by atoms with Crippen molar-refractivity contribution in [2.75, 3.05) is 11.5 Å². The van der Waals surface area contributed by atoms with E-state index >= 15 is 0 Å². The fraction of sp³-hybridized carbons (Fsp3) is 0.267. The molecule has 1 heterocycles. The summed E-state index contributed by atoms with van der Waals surface area (Å²) in [6.45, 7) is 0. The molecule has 3 rings (SSSR count). The van der Waals surface area contributed by atoms with Gasteiger partial charge in [-0.3, -0.25) is 4.79 Å². The molecule has 1 saturated heterocycles. The number of thioether (sulfide) groups is 2. The van der Waals surface area contributed by atoms with Crippen LogP contribution in [0.25, 0.3) is 6.08 Å². The molecule has 0 spiro atoms. The van der Waals surface area contributed by atoms with E-state index in [1.807, 2.05) is 59.9 Å². The Balaban J connectivity index is 1.87. The zero-order valence-electron chi connectivity index (χ0n) is 10.0. The minimum atomic E-state index is 0.274.